The summed E-state index contributed by atoms with van der Waals surface area (Å²) in [5.41, 5.74) is 6.77. The number of anilines is 1. The Morgan fingerprint density at radius 1 is 0.926 bits per heavy atom. The molecule has 0 saturated carbocycles. The number of hydrogen-bond donors (Lipinski definition) is 3. The van der Waals surface area contributed by atoms with Crippen LogP contribution in [0.1, 0.15) is 15.9 Å². The van der Waals surface area contributed by atoms with Gasteiger partial charge >= 0.3 is 11.8 Å². The second-order valence-electron chi connectivity index (χ2n) is 5.59. The first-order chi connectivity index (χ1) is 12.9. The Morgan fingerprint density at radius 3 is 2.19 bits per heavy atom. The van der Waals surface area contributed by atoms with Crippen LogP contribution in [-0.2, 0) is 16.0 Å². The lowest BCUT2D eigenvalue weighted by molar-refractivity contribution is -0.136. The fourth-order valence-corrected chi connectivity index (χ4v) is 2.34. The molecule has 0 heterocycles. The van der Waals surface area contributed by atoms with Crippen LogP contribution >= 0.6 is 0 Å². The lowest BCUT2D eigenvalue weighted by atomic mass is 10.1. The summed E-state index contributed by atoms with van der Waals surface area (Å²) in [7, 11) is 3.10. The third-order valence-corrected chi connectivity index (χ3v) is 3.78. The van der Waals surface area contributed by atoms with Gasteiger partial charge in [0.25, 0.3) is 0 Å². The van der Waals surface area contributed by atoms with E-state index in [2.05, 4.69) is 10.6 Å². The Labute approximate surface area is 156 Å². The zero-order valence-corrected chi connectivity index (χ0v) is 15.1. The van der Waals surface area contributed by atoms with Crippen molar-refractivity contribution in [2.45, 2.75) is 6.42 Å². The summed E-state index contributed by atoms with van der Waals surface area (Å²) in [6.45, 7) is 0.280. The number of amides is 3. The lowest BCUT2D eigenvalue weighted by Gasteiger charge is -2.10. The molecule has 0 aromatic heterocycles. The molecule has 0 radical (unpaired) electrons. The number of methoxy groups -OCH3 is 2. The van der Waals surface area contributed by atoms with Gasteiger partial charge in [-0.15, -0.1) is 0 Å². The maximum absolute atomic E-state index is 11.9. The third kappa shape index (κ3) is 5.46. The lowest BCUT2D eigenvalue weighted by Crippen LogP contribution is -2.36. The minimum atomic E-state index is -0.797. The zero-order chi connectivity index (χ0) is 19.8. The minimum Gasteiger partial charge on any atom is -0.493 e. The summed E-state index contributed by atoms with van der Waals surface area (Å²) < 4.78 is 10.4. The highest BCUT2D eigenvalue weighted by atomic mass is 16.5. The Balaban J connectivity index is 1.84. The largest absolute Gasteiger partial charge is 0.493 e. The number of hydrogen-bond acceptors (Lipinski definition) is 5. The second kappa shape index (κ2) is 9.23. The van der Waals surface area contributed by atoms with Gasteiger partial charge in [0.1, 0.15) is 0 Å². The van der Waals surface area contributed by atoms with E-state index in [-0.39, 0.29) is 6.54 Å². The molecule has 8 heteroatoms. The number of nitrogens with two attached hydrogens (primary N) is 1. The van der Waals surface area contributed by atoms with Gasteiger partial charge in [-0.05, 0) is 48.4 Å². The van der Waals surface area contributed by atoms with Crippen LogP contribution in [0.15, 0.2) is 42.5 Å². The van der Waals surface area contributed by atoms with Gasteiger partial charge in [0.15, 0.2) is 11.5 Å². The first-order valence-electron chi connectivity index (χ1n) is 8.14. The van der Waals surface area contributed by atoms with E-state index in [0.717, 1.165) is 5.56 Å². The van der Waals surface area contributed by atoms with E-state index in [9.17, 15) is 14.4 Å². The van der Waals surface area contributed by atoms with Crippen molar-refractivity contribution in [3.8, 4) is 11.5 Å². The topological polar surface area (TPSA) is 120 Å². The molecule has 0 aliphatic heterocycles. The molecular formula is C19H21N3O5. The van der Waals surface area contributed by atoms with Crippen LogP contribution in [0.5, 0.6) is 11.5 Å². The molecule has 27 heavy (non-hydrogen) atoms. The minimum absolute atomic E-state index is 0.280. The Bertz CT molecular complexity index is 834. The second-order valence-corrected chi connectivity index (χ2v) is 5.59. The van der Waals surface area contributed by atoms with Gasteiger partial charge in [0.2, 0.25) is 5.91 Å². The molecule has 0 bridgehead atoms. The molecule has 2 aromatic carbocycles. The first kappa shape index (κ1) is 19.8. The van der Waals surface area contributed by atoms with Crippen LogP contribution in [0, 0.1) is 0 Å². The molecule has 8 nitrogen and oxygen atoms in total. The van der Waals surface area contributed by atoms with Crippen molar-refractivity contribution in [2.24, 2.45) is 5.73 Å². The van der Waals surface area contributed by atoms with Crippen LogP contribution in [-0.4, -0.2) is 38.5 Å². The van der Waals surface area contributed by atoms with Gasteiger partial charge in [-0.2, -0.15) is 0 Å². The maximum atomic E-state index is 11.9. The first-order valence-corrected chi connectivity index (χ1v) is 8.14. The van der Waals surface area contributed by atoms with Crippen LogP contribution in [0.4, 0.5) is 5.69 Å². The molecule has 2 aromatic rings. The van der Waals surface area contributed by atoms with Crippen molar-refractivity contribution in [3.05, 3.63) is 53.6 Å². The van der Waals surface area contributed by atoms with Gasteiger partial charge in [-0.1, -0.05) is 6.07 Å². The van der Waals surface area contributed by atoms with Crippen LogP contribution in [0.3, 0.4) is 0 Å². The van der Waals surface area contributed by atoms with Gasteiger partial charge in [-0.25, -0.2) is 0 Å². The number of carbonyl (C=O) groups is 3. The number of primary amides is 1. The molecule has 2 rings (SSSR count). The maximum Gasteiger partial charge on any atom is 0.313 e. The highest BCUT2D eigenvalue weighted by Crippen LogP contribution is 2.27. The fourth-order valence-electron chi connectivity index (χ4n) is 2.34. The molecule has 3 amide bonds. The van der Waals surface area contributed by atoms with E-state index in [1.54, 1.807) is 20.3 Å². The quantitative estimate of drug-likeness (QED) is 0.630. The van der Waals surface area contributed by atoms with E-state index < -0.39 is 17.7 Å². The summed E-state index contributed by atoms with van der Waals surface area (Å²) in [5, 5.41) is 5.00. The third-order valence-electron chi connectivity index (χ3n) is 3.78. The summed E-state index contributed by atoms with van der Waals surface area (Å²) in [6.07, 6.45) is 0.521. The van der Waals surface area contributed by atoms with E-state index in [4.69, 9.17) is 15.2 Å². The van der Waals surface area contributed by atoms with Gasteiger partial charge in [0.05, 0.1) is 14.2 Å². The molecule has 142 valence electrons. The Morgan fingerprint density at radius 2 is 1.59 bits per heavy atom. The zero-order valence-electron chi connectivity index (χ0n) is 15.1. The Hall–Kier alpha value is -3.55. The highest BCUT2D eigenvalue weighted by Gasteiger charge is 2.13. The molecule has 0 atom stereocenters. The molecule has 0 unspecified atom stereocenters. The molecule has 0 aliphatic carbocycles. The van der Waals surface area contributed by atoms with Crippen LogP contribution < -0.4 is 25.8 Å². The summed E-state index contributed by atoms with van der Waals surface area (Å²) in [5.74, 6) is -0.908. The standard InChI is InChI=1S/C19H21N3O5/c1-26-15-8-3-12(11-16(15)27-2)9-10-21-18(24)19(25)22-14-6-4-13(5-7-14)17(20)23/h3-8,11H,9-10H2,1-2H3,(H2,20,23)(H,21,24)(H,22,25). The smallest absolute Gasteiger partial charge is 0.313 e. The van der Waals surface area contributed by atoms with Gasteiger partial charge < -0.3 is 25.8 Å². The van der Waals surface area contributed by atoms with Crippen molar-refractivity contribution < 1.29 is 23.9 Å². The van der Waals surface area contributed by atoms with Crippen molar-refractivity contribution in [1.82, 2.24) is 5.32 Å². The molecule has 0 spiro atoms. The average Bonchev–Trinajstić information content (AvgIpc) is 2.68. The monoisotopic (exact) mass is 371 g/mol. The summed E-state index contributed by atoms with van der Waals surface area (Å²) in [4.78, 5) is 34.8. The number of ether oxygens (including phenoxy) is 2. The SMILES string of the molecule is COc1ccc(CCNC(=O)C(=O)Nc2ccc(C(N)=O)cc2)cc1OC. The van der Waals surface area contributed by atoms with Crippen molar-refractivity contribution in [1.29, 1.82) is 0 Å². The molecule has 0 aliphatic rings. The normalized spacial score (nSPS) is 10.0. The van der Waals surface area contributed by atoms with Gasteiger partial charge in [0, 0.05) is 17.8 Å². The number of benzene rings is 2. The number of nitrogens with one attached hydrogen (secondary N) is 2. The van der Waals surface area contributed by atoms with E-state index in [1.807, 2.05) is 12.1 Å². The Kier molecular flexibility index (Phi) is 6.76. The van der Waals surface area contributed by atoms with E-state index >= 15 is 0 Å². The summed E-state index contributed by atoms with van der Waals surface area (Å²) in [6, 6.07) is 11.4. The fraction of sp³-hybridized carbons (Fsp3) is 0.211. The molecule has 0 fully saturated rings. The summed E-state index contributed by atoms with van der Waals surface area (Å²) >= 11 is 0. The predicted molar refractivity (Wildman–Crippen MR) is 99.8 cm³/mol. The highest BCUT2D eigenvalue weighted by molar-refractivity contribution is 6.39. The van der Waals surface area contributed by atoms with Crippen LogP contribution in [0.25, 0.3) is 0 Å². The van der Waals surface area contributed by atoms with Crippen molar-refractivity contribution >= 4 is 23.4 Å². The van der Waals surface area contributed by atoms with Gasteiger partial charge in [-0.3, -0.25) is 14.4 Å². The van der Waals surface area contributed by atoms with E-state index in [0.29, 0.717) is 29.2 Å². The van der Waals surface area contributed by atoms with Crippen molar-refractivity contribution in [2.75, 3.05) is 26.1 Å². The molecule has 4 N–H and O–H groups in total. The predicted octanol–water partition coefficient (Wildman–Crippen LogP) is 1.10. The van der Waals surface area contributed by atoms with E-state index in [1.165, 1.54) is 24.3 Å². The van der Waals surface area contributed by atoms with Crippen molar-refractivity contribution in [3.63, 3.8) is 0 Å². The molecular weight excluding hydrogens is 350 g/mol. The molecule has 0 saturated heterocycles. The average molecular weight is 371 g/mol. The number of carbonyl (C=O) groups excluding carboxylic acids is 3. The van der Waals surface area contributed by atoms with Crippen LogP contribution in [0.2, 0.25) is 0 Å². The number of rotatable bonds is 7.